The molecule has 1 heterocycles. The predicted molar refractivity (Wildman–Crippen MR) is 114 cm³/mol. The van der Waals surface area contributed by atoms with E-state index in [1.54, 1.807) is 25.1 Å². The summed E-state index contributed by atoms with van der Waals surface area (Å²) in [5.41, 5.74) is 3.39. The summed E-state index contributed by atoms with van der Waals surface area (Å²) in [6.45, 7) is 2.07. The Kier molecular flexibility index (Phi) is 6.76. The highest BCUT2D eigenvalue weighted by Gasteiger charge is 2.21. The molecular weight excluding hydrogens is 370 g/mol. The number of methoxy groups -OCH3 is 1. The fraction of sp³-hybridized carbons (Fsp3) is 0.273. The molecule has 0 aliphatic carbocycles. The highest BCUT2D eigenvalue weighted by molar-refractivity contribution is 7.99. The third-order valence-electron chi connectivity index (χ3n) is 4.47. The smallest absolute Gasteiger partial charge is 0.230 e. The van der Waals surface area contributed by atoms with Crippen molar-refractivity contribution in [3.05, 3.63) is 83.4 Å². The molecule has 0 spiro atoms. The lowest BCUT2D eigenvalue weighted by atomic mass is 10.1. The molecular formula is C22H25N3O2S. The van der Waals surface area contributed by atoms with Crippen molar-refractivity contribution in [3.8, 4) is 5.75 Å². The van der Waals surface area contributed by atoms with Crippen molar-refractivity contribution in [2.45, 2.75) is 18.7 Å². The van der Waals surface area contributed by atoms with E-state index in [1.807, 2.05) is 42.1 Å². The van der Waals surface area contributed by atoms with Gasteiger partial charge in [-0.1, -0.05) is 42.0 Å². The summed E-state index contributed by atoms with van der Waals surface area (Å²) in [7, 11) is 3.56. The Morgan fingerprint density at radius 1 is 1.25 bits per heavy atom. The summed E-state index contributed by atoms with van der Waals surface area (Å²) >= 11 is 1.60. The number of nitrogens with one attached hydrogen (secondary N) is 1. The number of hydrogen-bond donors (Lipinski definition) is 1. The third-order valence-corrected chi connectivity index (χ3v) is 5.48. The maximum absolute atomic E-state index is 12.6. The van der Waals surface area contributed by atoms with Crippen LogP contribution in [0.25, 0.3) is 0 Å². The molecule has 1 aromatic heterocycles. The summed E-state index contributed by atoms with van der Waals surface area (Å²) in [5.74, 6) is 2.70. The lowest BCUT2D eigenvalue weighted by Gasteiger charge is -2.19. The van der Waals surface area contributed by atoms with Crippen LogP contribution in [0.4, 0.5) is 0 Å². The van der Waals surface area contributed by atoms with Gasteiger partial charge in [-0.3, -0.25) is 4.79 Å². The van der Waals surface area contributed by atoms with Crippen LogP contribution in [-0.4, -0.2) is 28.3 Å². The number of benzene rings is 2. The number of carbonyl (C=O) groups excluding carboxylic acids is 1. The predicted octanol–water partition coefficient (Wildman–Crippen LogP) is 3.88. The van der Waals surface area contributed by atoms with Gasteiger partial charge in [0.05, 0.1) is 12.9 Å². The molecule has 1 atom stereocenters. The first-order valence-electron chi connectivity index (χ1n) is 9.10. The molecule has 1 N–H and O–H groups in total. The summed E-state index contributed by atoms with van der Waals surface area (Å²) in [6.07, 6.45) is 3.61. The summed E-state index contributed by atoms with van der Waals surface area (Å²) in [4.78, 5) is 17.1. The standard InChI is InChI=1S/C22H25N3O2S/c1-16-7-9-17(10-8-16)14-28-15-20(26)24-21(22-23-11-12-25(22)2)18-5-4-6-19(13-18)27-3/h4-13,21H,14-15H2,1-3H3,(H,24,26). The average Bonchev–Trinajstić information content (AvgIpc) is 3.13. The van der Waals surface area contributed by atoms with Gasteiger partial charge in [0.15, 0.2) is 0 Å². The molecule has 0 radical (unpaired) electrons. The second-order valence-electron chi connectivity index (χ2n) is 6.65. The van der Waals surface area contributed by atoms with E-state index >= 15 is 0 Å². The number of aryl methyl sites for hydroxylation is 2. The van der Waals surface area contributed by atoms with Gasteiger partial charge in [0, 0.05) is 25.2 Å². The summed E-state index contributed by atoms with van der Waals surface area (Å²) in [5, 5.41) is 3.12. The zero-order valence-electron chi connectivity index (χ0n) is 16.4. The zero-order chi connectivity index (χ0) is 19.9. The van der Waals surface area contributed by atoms with Crippen LogP contribution in [0, 0.1) is 6.92 Å². The van der Waals surface area contributed by atoms with Gasteiger partial charge in [-0.2, -0.15) is 0 Å². The van der Waals surface area contributed by atoms with Gasteiger partial charge in [0.25, 0.3) is 0 Å². The molecule has 0 aliphatic heterocycles. The Morgan fingerprint density at radius 2 is 2.04 bits per heavy atom. The van der Waals surface area contributed by atoms with Crippen molar-refractivity contribution in [1.29, 1.82) is 0 Å². The van der Waals surface area contributed by atoms with Crippen molar-refractivity contribution in [1.82, 2.24) is 14.9 Å². The molecule has 0 aliphatic rings. The Balaban J connectivity index is 1.67. The fourth-order valence-electron chi connectivity index (χ4n) is 2.92. The molecule has 0 saturated carbocycles. The molecule has 5 nitrogen and oxygen atoms in total. The van der Waals surface area contributed by atoms with E-state index in [0.717, 1.165) is 22.9 Å². The van der Waals surface area contributed by atoms with Crippen molar-refractivity contribution >= 4 is 17.7 Å². The van der Waals surface area contributed by atoms with Crippen LogP contribution in [0.2, 0.25) is 0 Å². The van der Waals surface area contributed by atoms with E-state index in [1.165, 1.54) is 11.1 Å². The number of imidazole rings is 1. The minimum Gasteiger partial charge on any atom is -0.497 e. The van der Waals surface area contributed by atoms with E-state index in [0.29, 0.717) is 5.75 Å². The van der Waals surface area contributed by atoms with Crippen LogP contribution in [0.1, 0.15) is 28.6 Å². The van der Waals surface area contributed by atoms with Gasteiger partial charge >= 0.3 is 0 Å². The topological polar surface area (TPSA) is 56.1 Å². The Labute approximate surface area is 170 Å². The first-order chi connectivity index (χ1) is 13.6. The molecule has 3 rings (SSSR count). The van der Waals surface area contributed by atoms with Crippen molar-refractivity contribution in [2.24, 2.45) is 7.05 Å². The van der Waals surface area contributed by atoms with Gasteiger partial charge < -0.3 is 14.6 Å². The first kappa shape index (κ1) is 20.0. The normalized spacial score (nSPS) is 11.8. The van der Waals surface area contributed by atoms with E-state index in [2.05, 4.69) is 41.5 Å². The van der Waals surface area contributed by atoms with E-state index in [4.69, 9.17) is 4.74 Å². The van der Waals surface area contributed by atoms with Crippen LogP contribution in [-0.2, 0) is 17.6 Å². The summed E-state index contributed by atoms with van der Waals surface area (Å²) < 4.78 is 7.26. The van der Waals surface area contributed by atoms with E-state index in [-0.39, 0.29) is 11.9 Å². The first-order valence-corrected chi connectivity index (χ1v) is 10.3. The molecule has 6 heteroatoms. The third kappa shape index (κ3) is 5.16. The molecule has 0 bridgehead atoms. The maximum atomic E-state index is 12.6. The number of hydrogen-bond acceptors (Lipinski definition) is 4. The van der Waals surface area contributed by atoms with Gasteiger partial charge in [-0.05, 0) is 30.2 Å². The molecule has 0 fully saturated rings. The lowest BCUT2D eigenvalue weighted by molar-refractivity contribution is -0.119. The fourth-order valence-corrected chi connectivity index (χ4v) is 3.72. The number of carbonyl (C=O) groups is 1. The molecule has 3 aromatic rings. The molecule has 1 unspecified atom stereocenters. The van der Waals surface area contributed by atoms with Crippen LogP contribution in [0.3, 0.4) is 0 Å². The van der Waals surface area contributed by atoms with E-state index < -0.39 is 0 Å². The maximum Gasteiger partial charge on any atom is 0.230 e. The van der Waals surface area contributed by atoms with Crippen LogP contribution < -0.4 is 10.1 Å². The average molecular weight is 396 g/mol. The zero-order valence-corrected chi connectivity index (χ0v) is 17.2. The van der Waals surface area contributed by atoms with Crippen molar-refractivity contribution in [2.75, 3.05) is 12.9 Å². The van der Waals surface area contributed by atoms with Gasteiger partial charge in [0.1, 0.15) is 17.6 Å². The highest BCUT2D eigenvalue weighted by Crippen LogP contribution is 2.24. The SMILES string of the molecule is COc1cccc(C(NC(=O)CSCc2ccc(C)cc2)c2nccn2C)c1. The number of thioether (sulfide) groups is 1. The van der Waals surface area contributed by atoms with Gasteiger partial charge in [-0.25, -0.2) is 4.98 Å². The Hall–Kier alpha value is -2.73. The number of ether oxygens (including phenoxy) is 1. The highest BCUT2D eigenvalue weighted by atomic mass is 32.2. The minimum absolute atomic E-state index is 0.0204. The number of rotatable bonds is 8. The molecule has 0 saturated heterocycles. The Bertz CT molecular complexity index is 922. The van der Waals surface area contributed by atoms with Crippen LogP contribution in [0.5, 0.6) is 5.75 Å². The second kappa shape index (κ2) is 9.46. The Morgan fingerprint density at radius 3 is 2.71 bits per heavy atom. The molecule has 146 valence electrons. The second-order valence-corrected chi connectivity index (χ2v) is 7.64. The van der Waals surface area contributed by atoms with Gasteiger partial charge in [0.2, 0.25) is 5.91 Å². The largest absolute Gasteiger partial charge is 0.497 e. The number of amides is 1. The van der Waals surface area contributed by atoms with Gasteiger partial charge in [-0.15, -0.1) is 11.8 Å². The molecule has 1 amide bonds. The van der Waals surface area contributed by atoms with E-state index in [9.17, 15) is 4.79 Å². The monoisotopic (exact) mass is 395 g/mol. The minimum atomic E-state index is -0.331. The number of aromatic nitrogens is 2. The lowest BCUT2D eigenvalue weighted by Crippen LogP contribution is -2.32. The summed E-state index contributed by atoms with van der Waals surface area (Å²) in [6, 6.07) is 15.8. The van der Waals surface area contributed by atoms with Crippen LogP contribution in [0.15, 0.2) is 60.9 Å². The number of nitrogens with zero attached hydrogens (tertiary/aromatic N) is 2. The molecule has 2 aromatic carbocycles. The molecule has 28 heavy (non-hydrogen) atoms. The van der Waals surface area contributed by atoms with Crippen LogP contribution >= 0.6 is 11.8 Å². The quantitative estimate of drug-likeness (QED) is 0.629. The van der Waals surface area contributed by atoms with Crippen molar-refractivity contribution in [3.63, 3.8) is 0 Å². The van der Waals surface area contributed by atoms with Crippen molar-refractivity contribution < 1.29 is 9.53 Å².